The van der Waals surface area contributed by atoms with Gasteiger partial charge in [0.15, 0.2) is 16.4 Å². The number of hydrogen-bond acceptors (Lipinski definition) is 5. The number of sulfonamides is 1. The molecule has 0 bridgehead atoms. The van der Waals surface area contributed by atoms with Gasteiger partial charge in [-0.05, 0) is 50.0 Å². The Bertz CT molecular complexity index is 1170. The molecule has 0 saturated carbocycles. The largest absolute Gasteiger partial charge is 0.493 e. The highest BCUT2D eigenvalue weighted by atomic mass is 32.2. The number of aryl methyl sites for hydroxylation is 2. The van der Waals surface area contributed by atoms with Gasteiger partial charge in [-0.2, -0.15) is 0 Å². The summed E-state index contributed by atoms with van der Waals surface area (Å²) in [4.78, 5) is 13.1. The molecule has 1 aliphatic rings. The lowest BCUT2D eigenvalue weighted by Gasteiger charge is -2.32. The molecule has 1 N–H and O–H groups in total. The van der Waals surface area contributed by atoms with Crippen LogP contribution in [-0.2, 0) is 21.2 Å². The van der Waals surface area contributed by atoms with E-state index >= 15 is 0 Å². The molecule has 0 unspecified atom stereocenters. The zero-order valence-electron chi connectivity index (χ0n) is 18.7. The van der Waals surface area contributed by atoms with Crippen molar-refractivity contribution in [1.29, 1.82) is 0 Å². The van der Waals surface area contributed by atoms with E-state index < -0.39 is 15.9 Å². The van der Waals surface area contributed by atoms with Crippen LogP contribution in [0.1, 0.15) is 37.5 Å². The zero-order chi connectivity index (χ0) is 22.9. The highest BCUT2D eigenvalue weighted by molar-refractivity contribution is 7.97. The third kappa shape index (κ3) is 3.76. The van der Waals surface area contributed by atoms with E-state index in [4.69, 9.17) is 9.47 Å². The van der Waals surface area contributed by atoms with Crippen LogP contribution in [0.5, 0.6) is 11.5 Å². The number of carbonyl (C=O) groups is 1. The monoisotopic (exact) mass is 444 g/mol. The first-order valence-corrected chi connectivity index (χ1v) is 11.5. The SMILES string of the molecule is CCc1cccc(C)c1NC(=O)C1=C(C)c2cc(OC)c(OC)cc2N(CC)S1(=O)=O. The number of nitrogens with one attached hydrogen (secondary N) is 1. The third-order valence-electron chi connectivity index (χ3n) is 5.54. The predicted molar refractivity (Wildman–Crippen MR) is 123 cm³/mol. The molecule has 166 valence electrons. The van der Waals surface area contributed by atoms with Gasteiger partial charge in [-0.3, -0.25) is 9.10 Å². The molecule has 8 heteroatoms. The number of carbonyl (C=O) groups excluding carboxylic acids is 1. The van der Waals surface area contributed by atoms with Gasteiger partial charge in [0.2, 0.25) is 0 Å². The molecular weight excluding hydrogens is 416 g/mol. The highest BCUT2D eigenvalue weighted by Gasteiger charge is 2.39. The van der Waals surface area contributed by atoms with Gasteiger partial charge >= 0.3 is 0 Å². The molecule has 1 heterocycles. The Morgan fingerprint density at radius 1 is 1.06 bits per heavy atom. The van der Waals surface area contributed by atoms with Gasteiger partial charge < -0.3 is 14.8 Å². The van der Waals surface area contributed by atoms with Crippen molar-refractivity contribution in [2.75, 3.05) is 30.4 Å². The van der Waals surface area contributed by atoms with Crippen molar-refractivity contribution in [3.05, 3.63) is 51.9 Å². The number of anilines is 2. The van der Waals surface area contributed by atoms with Gasteiger partial charge in [0.1, 0.15) is 0 Å². The topological polar surface area (TPSA) is 84.9 Å². The maximum absolute atomic E-state index is 13.5. The van der Waals surface area contributed by atoms with Crippen LogP contribution in [0.2, 0.25) is 0 Å². The van der Waals surface area contributed by atoms with Crippen molar-refractivity contribution < 1.29 is 22.7 Å². The second kappa shape index (κ2) is 8.63. The highest BCUT2D eigenvalue weighted by Crippen LogP contribution is 2.45. The fraction of sp³-hybridized carbons (Fsp3) is 0.348. The molecule has 0 saturated heterocycles. The Morgan fingerprint density at radius 2 is 1.71 bits per heavy atom. The van der Waals surface area contributed by atoms with Crippen LogP contribution in [0, 0.1) is 6.92 Å². The number of nitrogens with zero attached hydrogens (tertiary/aromatic N) is 1. The molecule has 0 radical (unpaired) electrons. The Morgan fingerprint density at radius 3 is 2.29 bits per heavy atom. The summed E-state index contributed by atoms with van der Waals surface area (Å²) in [5, 5.41) is 2.85. The molecule has 1 amide bonds. The van der Waals surface area contributed by atoms with Crippen LogP contribution in [0.3, 0.4) is 0 Å². The second-order valence-corrected chi connectivity index (χ2v) is 9.06. The first-order chi connectivity index (χ1) is 14.7. The molecular formula is C23H28N2O5S. The van der Waals surface area contributed by atoms with Gasteiger partial charge in [-0.25, -0.2) is 8.42 Å². The van der Waals surface area contributed by atoms with Gasteiger partial charge in [0.05, 0.1) is 19.9 Å². The predicted octanol–water partition coefficient (Wildman–Crippen LogP) is 4.11. The molecule has 2 aromatic carbocycles. The van der Waals surface area contributed by atoms with Gasteiger partial charge in [-0.1, -0.05) is 25.1 Å². The molecule has 0 spiro atoms. The van der Waals surface area contributed by atoms with Crippen LogP contribution >= 0.6 is 0 Å². The zero-order valence-corrected chi connectivity index (χ0v) is 19.5. The summed E-state index contributed by atoms with van der Waals surface area (Å²) in [5.74, 6) is 0.228. The fourth-order valence-corrected chi connectivity index (χ4v) is 5.68. The minimum Gasteiger partial charge on any atom is -0.493 e. The number of rotatable bonds is 6. The smallest absolute Gasteiger partial charge is 0.270 e. The quantitative estimate of drug-likeness (QED) is 0.725. The van der Waals surface area contributed by atoms with Gasteiger partial charge in [0.25, 0.3) is 15.9 Å². The van der Waals surface area contributed by atoms with E-state index in [1.165, 1.54) is 18.5 Å². The Balaban J connectivity index is 2.21. The molecule has 1 aliphatic heterocycles. The van der Waals surface area contributed by atoms with E-state index in [1.807, 2.05) is 32.0 Å². The Kier molecular flexibility index (Phi) is 6.31. The lowest BCUT2D eigenvalue weighted by Crippen LogP contribution is -2.39. The number of para-hydroxylation sites is 1. The van der Waals surface area contributed by atoms with Crippen LogP contribution < -0.4 is 19.1 Å². The molecule has 31 heavy (non-hydrogen) atoms. The number of benzene rings is 2. The minimum absolute atomic E-state index is 0.166. The second-order valence-electron chi connectivity index (χ2n) is 7.26. The van der Waals surface area contributed by atoms with Crippen molar-refractivity contribution in [3.63, 3.8) is 0 Å². The van der Waals surface area contributed by atoms with E-state index in [-0.39, 0.29) is 11.4 Å². The number of fused-ring (bicyclic) bond motifs is 1. The van der Waals surface area contributed by atoms with Gasteiger partial charge in [-0.15, -0.1) is 0 Å². The van der Waals surface area contributed by atoms with Crippen LogP contribution in [0.4, 0.5) is 11.4 Å². The lowest BCUT2D eigenvalue weighted by molar-refractivity contribution is -0.112. The number of amides is 1. The molecule has 0 aromatic heterocycles. The fourth-order valence-electron chi connectivity index (χ4n) is 3.93. The summed E-state index contributed by atoms with van der Waals surface area (Å²) in [6.07, 6.45) is 0.711. The standard InChI is InChI=1S/C23H28N2O5S/c1-7-16-11-9-10-14(3)21(16)24-23(26)22-15(4)17-12-19(29-5)20(30-6)13-18(17)25(8-2)31(22,27)28/h9-13H,7-8H2,1-6H3,(H,24,26). The molecule has 2 aromatic rings. The minimum atomic E-state index is -4.07. The van der Waals surface area contributed by atoms with Crippen LogP contribution in [0.25, 0.3) is 5.57 Å². The van der Waals surface area contributed by atoms with Crippen molar-refractivity contribution >= 4 is 32.9 Å². The molecule has 0 fully saturated rings. The maximum Gasteiger partial charge on any atom is 0.270 e. The first-order valence-electron chi connectivity index (χ1n) is 10.1. The summed E-state index contributed by atoms with van der Waals surface area (Å²) in [6.45, 7) is 7.41. The van der Waals surface area contributed by atoms with Crippen molar-refractivity contribution in [2.24, 2.45) is 0 Å². The van der Waals surface area contributed by atoms with Crippen LogP contribution in [0.15, 0.2) is 35.2 Å². The number of hydrogen-bond donors (Lipinski definition) is 1. The van der Waals surface area contributed by atoms with E-state index in [1.54, 1.807) is 26.0 Å². The van der Waals surface area contributed by atoms with E-state index in [2.05, 4.69) is 5.32 Å². The summed E-state index contributed by atoms with van der Waals surface area (Å²) >= 11 is 0. The summed E-state index contributed by atoms with van der Waals surface area (Å²) in [6, 6.07) is 9.06. The lowest BCUT2D eigenvalue weighted by atomic mass is 10.0. The Hall–Kier alpha value is -3.00. The summed E-state index contributed by atoms with van der Waals surface area (Å²) in [7, 11) is -1.06. The summed E-state index contributed by atoms with van der Waals surface area (Å²) in [5.41, 5.74) is 3.90. The van der Waals surface area contributed by atoms with Gasteiger partial charge in [0, 0.05) is 23.9 Å². The van der Waals surface area contributed by atoms with Crippen molar-refractivity contribution in [3.8, 4) is 11.5 Å². The first kappa shape index (κ1) is 22.7. The average Bonchev–Trinajstić information content (AvgIpc) is 2.74. The summed E-state index contributed by atoms with van der Waals surface area (Å²) < 4.78 is 38.9. The van der Waals surface area contributed by atoms with E-state index in [0.717, 1.165) is 11.1 Å². The number of methoxy groups -OCH3 is 2. The van der Waals surface area contributed by atoms with E-state index in [9.17, 15) is 13.2 Å². The maximum atomic E-state index is 13.5. The molecule has 3 rings (SSSR count). The average molecular weight is 445 g/mol. The number of ether oxygens (including phenoxy) is 2. The molecule has 0 atom stereocenters. The van der Waals surface area contributed by atoms with Crippen molar-refractivity contribution in [1.82, 2.24) is 0 Å². The molecule has 0 aliphatic carbocycles. The number of allylic oxidation sites excluding steroid dienone is 1. The van der Waals surface area contributed by atoms with Crippen molar-refractivity contribution in [2.45, 2.75) is 34.1 Å². The third-order valence-corrected chi connectivity index (χ3v) is 7.58. The normalized spacial score (nSPS) is 14.8. The Labute approximate surface area is 183 Å². The van der Waals surface area contributed by atoms with Crippen LogP contribution in [-0.4, -0.2) is 35.1 Å². The molecule has 7 nitrogen and oxygen atoms in total. The van der Waals surface area contributed by atoms with E-state index in [0.29, 0.717) is 40.4 Å².